The van der Waals surface area contributed by atoms with Crippen LogP contribution in [0.3, 0.4) is 0 Å². The lowest BCUT2D eigenvalue weighted by Crippen LogP contribution is -2.54. The lowest BCUT2D eigenvalue weighted by Gasteiger charge is -2.39. The van der Waals surface area contributed by atoms with E-state index in [0.29, 0.717) is 18.1 Å². The van der Waals surface area contributed by atoms with Crippen LogP contribution in [-0.2, 0) is 0 Å². The van der Waals surface area contributed by atoms with E-state index in [1.807, 2.05) is 18.2 Å². The molecule has 1 saturated heterocycles. The predicted molar refractivity (Wildman–Crippen MR) is 73.2 cm³/mol. The van der Waals surface area contributed by atoms with Crippen molar-refractivity contribution < 1.29 is 0 Å². The number of piperazine rings is 1. The second-order valence-corrected chi connectivity index (χ2v) is 5.34. The summed E-state index contributed by atoms with van der Waals surface area (Å²) in [5.41, 5.74) is 1.98. The highest BCUT2D eigenvalue weighted by atomic mass is 15.2. The first kappa shape index (κ1) is 13.1. The van der Waals surface area contributed by atoms with Gasteiger partial charge in [-0.05, 0) is 38.5 Å². The van der Waals surface area contributed by atoms with Gasteiger partial charge in [0.1, 0.15) is 0 Å². The fraction of sp³-hybridized carbons (Fsp3) is 0.533. The Morgan fingerprint density at radius 3 is 2.61 bits per heavy atom. The van der Waals surface area contributed by atoms with E-state index in [4.69, 9.17) is 5.26 Å². The average Bonchev–Trinajstić information content (AvgIpc) is 2.37. The van der Waals surface area contributed by atoms with Gasteiger partial charge in [0.2, 0.25) is 0 Å². The van der Waals surface area contributed by atoms with Crippen LogP contribution in [0.15, 0.2) is 24.3 Å². The number of hydrogen-bond donors (Lipinski definition) is 1. The topological polar surface area (TPSA) is 39.1 Å². The van der Waals surface area contributed by atoms with Crippen molar-refractivity contribution in [2.75, 3.05) is 13.1 Å². The van der Waals surface area contributed by atoms with Crippen molar-refractivity contribution in [1.82, 2.24) is 10.2 Å². The van der Waals surface area contributed by atoms with Gasteiger partial charge in [0.05, 0.1) is 11.6 Å². The zero-order valence-corrected chi connectivity index (χ0v) is 11.4. The highest BCUT2D eigenvalue weighted by Crippen LogP contribution is 2.23. The van der Waals surface area contributed by atoms with Crippen molar-refractivity contribution >= 4 is 0 Å². The summed E-state index contributed by atoms with van der Waals surface area (Å²) in [6, 6.07) is 11.6. The van der Waals surface area contributed by atoms with Gasteiger partial charge in [-0.1, -0.05) is 12.1 Å². The molecule has 3 heteroatoms. The molecular weight excluding hydrogens is 222 g/mol. The van der Waals surface area contributed by atoms with E-state index in [-0.39, 0.29) is 0 Å². The van der Waals surface area contributed by atoms with Crippen LogP contribution < -0.4 is 5.32 Å². The zero-order chi connectivity index (χ0) is 13.1. The second kappa shape index (κ2) is 5.51. The second-order valence-electron chi connectivity index (χ2n) is 5.34. The first-order chi connectivity index (χ1) is 8.60. The Balaban J connectivity index is 2.15. The molecule has 1 aliphatic heterocycles. The van der Waals surface area contributed by atoms with E-state index in [1.165, 1.54) is 5.56 Å². The van der Waals surface area contributed by atoms with E-state index >= 15 is 0 Å². The first-order valence-electron chi connectivity index (χ1n) is 6.60. The quantitative estimate of drug-likeness (QED) is 0.866. The summed E-state index contributed by atoms with van der Waals surface area (Å²) in [7, 11) is 0. The minimum Gasteiger partial charge on any atom is -0.309 e. The van der Waals surface area contributed by atoms with Gasteiger partial charge >= 0.3 is 0 Å². The van der Waals surface area contributed by atoms with E-state index in [9.17, 15) is 0 Å². The summed E-state index contributed by atoms with van der Waals surface area (Å²) in [5, 5.41) is 12.5. The van der Waals surface area contributed by atoms with Crippen LogP contribution >= 0.6 is 0 Å². The molecule has 1 aromatic carbocycles. The Morgan fingerprint density at radius 1 is 1.33 bits per heavy atom. The smallest absolute Gasteiger partial charge is 0.0991 e. The van der Waals surface area contributed by atoms with Crippen LogP contribution in [0.1, 0.15) is 37.9 Å². The Hall–Kier alpha value is -1.37. The molecule has 1 heterocycles. The van der Waals surface area contributed by atoms with Gasteiger partial charge in [-0.15, -0.1) is 0 Å². The largest absolute Gasteiger partial charge is 0.309 e. The van der Waals surface area contributed by atoms with Crippen molar-refractivity contribution in [2.24, 2.45) is 0 Å². The van der Waals surface area contributed by atoms with Crippen LogP contribution in [0.2, 0.25) is 0 Å². The summed E-state index contributed by atoms with van der Waals surface area (Å²) in [6.07, 6.45) is 0. The molecule has 0 amide bonds. The minimum atomic E-state index is 0.366. The molecule has 1 aromatic rings. The van der Waals surface area contributed by atoms with Gasteiger partial charge in [-0.25, -0.2) is 0 Å². The maximum absolute atomic E-state index is 8.96. The van der Waals surface area contributed by atoms with Crippen molar-refractivity contribution in [3.8, 4) is 6.07 Å². The monoisotopic (exact) mass is 243 g/mol. The lowest BCUT2D eigenvalue weighted by molar-refractivity contribution is 0.131. The maximum atomic E-state index is 8.96. The van der Waals surface area contributed by atoms with E-state index in [2.05, 4.69) is 43.1 Å². The Labute approximate surface area is 109 Å². The summed E-state index contributed by atoms with van der Waals surface area (Å²) in [4.78, 5) is 2.49. The van der Waals surface area contributed by atoms with Crippen LogP contribution in [0, 0.1) is 11.3 Å². The number of benzene rings is 1. The summed E-state index contributed by atoms with van der Waals surface area (Å²) in [5.74, 6) is 0. The number of nitriles is 1. The van der Waals surface area contributed by atoms with Crippen LogP contribution in [0.4, 0.5) is 0 Å². The molecule has 1 N–H and O–H groups in total. The fourth-order valence-corrected chi connectivity index (χ4v) is 2.76. The molecule has 0 spiro atoms. The molecule has 2 rings (SSSR count). The van der Waals surface area contributed by atoms with Crippen molar-refractivity contribution in [3.63, 3.8) is 0 Å². The fourth-order valence-electron chi connectivity index (χ4n) is 2.76. The predicted octanol–water partition coefficient (Wildman–Crippen LogP) is 2.30. The normalized spacial score (nSPS) is 26.6. The summed E-state index contributed by atoms with van der Waals surface area (Å²) >= 11 is 0. The molecule has 0 aliphatic carbocycles. The van der Waals surface area contributed by atoms with Gasteiger partial charge in [0, 0.05) is 31.2 Å². The molecule has 3 nitrogen and oxygen atoms in total. The molecule has 3 unspecified atom stereocenters. The van der Waals surface area contributed by atoms with Crippen LogP contribution in [0.25, 0.3) is 0 Å². The van der Waals surface area contributed by atoms with Gasteiger partial charge < -0.3 is 5.32 Å². The zero-order valence-electron chi connectivity index (χ0n) is 11.4. The Morgan fingerprint density at radius 2 is 2.00 bits per heavy atom. The van der Waals surface area contributed by atoms with Gasteiger partial charge in [0.25, 0.3) is 0 Å². The van der Waals surface area contributed by atoms with E-state index in [1.54, 1.807) is 0 Å². The third-order valence-corrected chi connectivity index (χ3v) is 3.63. The minimum absolute atomic E-state index is 0.366. The third-order valence-electron chi connectivity index (χ3n) is 3.63. The third kappa shape index (κ3) is 2.90. The number of hydrogen-bond acceptors (Lipinski definition) is 3. The van der Waals surface area contributed by atoms with Gasteiger partial charge in [-0.2, -0.15) is 5.26 Å². The molecule has 0 saturated carbocycles. The van der Waals surface area contributed by atoms with Gasteiger partial charge in [-0.3, -0.25) is 4.90 Å². The van der Waals surface area contributed by atoms with E-state index in [0.717, 1.165) is 18.7 Å². The number of nitrogens with one attached hydrogen (secondary N) is 1. The highest BCUT2D eigenvalue weighted by molar-refractivity contribution is 5.34. The standard InChI is InChI=1S/C15H21N3/c1-11-9-18(10-12(2)17-11)13(3)15-6-4-5-14(7-15)8-16/h4-7,11-13,17H,9-10H2,1-3H3. The molecule has 3 atom stereocenters. The lowest BCUT2D eigenvalue weighted by atomic mass is 10.0. The molecule has 96 valence electrons. The molecule has 0 bridgehead atoms. The van der Waals surface area contributed by atoms with Gasteiger partial charge in [0.15, 0.2) is 0 Å². The molecular formula is C15H21N3. The molecule has 0 radical (unpaired) electrons. The number of rotatable bonds is 2. The average molecular weight is 243 g/mol. The molecule has 18 heavy (non-hydrogen) atoms. The number of nitrogens with zero attached hydrogens (tertiary/aromatic N) is 2. The first-order valence-corrected chi connectivity index (χ1v) is 6.60. The van der Waals surface area contributed by atoms with Crippen molar-refractivity contribution in [3.05, 3.63) is 35.4 Å². The van der Waals surface area contributed by atoms with Crippen LogP contribution in [-0.4, -0.2) is 30.1 Å². The van der Waals surface area contributed by atoms with Crippen LogP contribution in [0.5, 0.6) is 0 Å². The highest BCUT2D eigenvalue weighted by Gasteiger charge is 2.25. The summed E-state index contributed by atoms with van der Waals surface area (Å²) in [6.45, 7) is 8.79. The molecule has 1 fully saturated rings. The maximum Gasteiger partial charge on any atom is 0.0991 e. The SMILES string of the molecule is CC1CN(C(C)c2cccc(C#N)c2)CC(C)N1. The Bertz CT molecular complexity index is 439. The van der Waals surface area contributed by atoms with E-state index < -0.39 is 0 Å². The molecule has 0 aromatic heterocycles. The Kier molecular flexibility index (Phi) is 4.00. The molecule has 1 aliphatic rings. The summed E-state index contributed by atoms with van der Waals surface area (Å²) < 4.78 is 0. The van der Waals surface area contributed by atoms with Crippen molar-refractivity contribution in [2.45, 2.75) is 38.9 Å². The van der Waals surface area contributed by atoms with Crippen molar-refractivity contribution in [1.29, 1.82) is 5.26 Å².